The van der Waals surface area contributed by atoms with Crippen molar-refractivity contribution < 1.29 is 4.79 Å². The van der Waals surface area contributed by atoms with Gasteiger partial charge in [-0.25, -0.2) is 0 Å². The lowest BCUT2D eigenvalue weighted by atomic mass is 9.92. The van der Waals surface area contributed by atoms with Crippen LogP contribution in [0.5, 0.6) is 0 Å². The summed E-state index contributed by atoms with van der Waals surface area (Å²) in [4.78, 5) is 14.5. The van der Waals surface area contributed by atoms with Crippen molar-refractivity contribution in [3.05, 3.63) is 23.8 Å². The number of amides is 1. The van der Waals surface area contributed by atoms with E-state index in [2.05, 4.69) is 24.1 Å². The maximum atomic E-state index is 12.1. The van der Waals surface area contributed by atoms with Crippen molar-refractivity contribution in [2.75, 3.05) is 30.7 Å². The highest BCUT2D eigenvalue weighted by molar-refractivity contribution is 5.92. The Balaban J connectivity index is 1.83. The molecule has 4 nitrogen and oxygen atoms in total. The minimum atomic E-state index is 0.0644. The minimum Gasteiger partial charge on any atom is -0.398 e. The molecule has 21 heavy (non-hydrogen) atoms. The summed E-state index contributed by atoms with van der Waals surface area (Å²) >= 11 is 0. The molecule has 2 atom stereocenters. The second-order valence-corrected chi connectivity index (χ2v) is 6.52. The van der Waals surface area contributed by atoms with Crippen molar-refractivity contribution in [3.8, 4) is 0 Å². The molecule has 1 heterocycles. The molecule has 1 saturated heterocycles. The van der Waals surface area contributed by atoms with Crippen molar-refractivity contribution in [2.45, 2.75) is 33.6 Å². The Morgan fingerprint density at radius 2 is 2.00 bits per heavy atom. The van der Waals surface area contributed by atoms with E-state index in [4.69, 9.17) is 5.73 Å². The number of hydrogen-bond donors (Lipinski definition) is 2. The number of anilines is 2. The number of nitrogens with zero attached hydrogens (tertiary/aromatic N) is 1. The van der Waals surface area contributed by atoms with Crippen molar-refractivity contribution in [2.24, 2.45) is 11.8 Å². The smallest absolute Gasteiger partial charge is 0.225 e. The summed E-state index contributed by atoms with van der Waals surface area (Å²) in [5.74, 6) is 1.52. The Morgan fingerprint density at radius 3 is 2.67 bits per heavy atom. The van der Waals surface area contributed by atoms with Crippen LogP contribution in [0.15, 0.2) is 18.2 Å². The molecule has 1 aliphatic heterocycles. The molecule has 0 spiro atoms. The second-order valence-electron chi connectivity index (χ2n) is 6.52. The molecular weight excluding hydrogens is 262 g/mol. The lowest BCUT2D eigenvalue weighted by Gasteiger charge is -2.34. The van der Waals surface area contributed by atoms with Gasteiger partial charge in [-0.15, -0.1) is 0 Å². The predicted octanol–water partition coefficient (Wildman–Crippen LogP) is 2.88. The van der Waals surface area contributed by atoms with Gasteiger partial charge in [0.2, 0.25) is 5.91 Å². The van der Waals surface area contributed by atoms with Crippen molar-refractivity contribution in [3.63, 3.8) is 0 Å². The van der Waals surface area contributed by atoms with E-state index in [0.29, 0.717) is 12.1 Å². The average Bonchev–Trinajstić information content (AvgIpc) is 2.41. The van der Waals surface area contributed by atoms with Gasteiger partial charge in [0.15, 0.2) is 0 Å². The van der Waals surface area contributed by atoms with E-state index >= 15 is 0 Å². The van der Waals surface area contributed by atoms with Crippen molar-refractivity contribution in [1.82, 2.24) is 4.90 Å². The summed E-state index contributed by atoms with van der Waals surface area (Å²) in [6.45, 7) is 9.56. The van der Waals surface area contributed by atoms with Gasteiger partial charge in [-0.3, -0.25) is 4.79 Å². The van der Waals surface area contributed by atoms with Crippen LogP contribution in [0.25, 0.3) is 0 Å². The molecule has 0 saturated carbocycles. The number of rotatable bonds is 4. The summed E-state index contributed by atoms with van der Waals surface area (Å²) in [6, 6.07) is 5.61. The minimum absolute atomic E-state index is 0.0644. The molecule has 1 aromatic rings. The van der Waals surface area contributed by atoms with Gasteiger partial charge in [-0.2, -0.15) is 0 Å². The fourth-order valence-electron chi connectivity index (χ4n) is 3.24. The summed E-state index contributed by atoms with van der Waals surface area (Å²) < 4.78 is 0. The van der Waals surface area contributed by atoms with E-state index in [-0.39, 0.29) is 5.91 Å². The number of likely N-dealkylation sites (tertiary alicyclic amines) is 1. The van der Waals surface area contributed by atoms with Gasteiger partial charge in [-0.1, -0.05) is 19.9 Å². The summed E-state index contributed by atoms with van der Waals surface area (Å²) in [5, 5.41) is 2.97. The third kappa shape index (κ3) is 4.46. The Kier molecular flexibility index (Phi) is 5.23. The van der Waals surface area contributed by atoms with Crippen LogP contribution in [-0.2, 0) is 4.79 Å². The first-order chi connectivity index (χ1) is 9.95. The van der Waals surface area contributed by atoms with Gasteiger partial charge in [0.05, 0.1) is 0 Å². The van der Waals surface area contributed by atoms with E-state index in [9.17, 15) is 4.79 Å². The van der Waals surface area contributed by atoms with Gasteiger partial charge in [0, 0.05) is 37.4 Å². The van der Waals surface area contributed by atoms with Crippen LogP contribution < -0.4 is 11.1 Å². The van der Waals surface area contributed by atoms with Crippen LogP contribution in [0.4, 0.5) is 11.4 Å². The zero-order valence-corrected chi connectivity index (χ0v) is 13.4. The van der Waals surface area contributed by atoms with E-state index in [1.807, 2.05) is 25.1 Å². The zero-order chi connectivity index (χ0) is 15.4. The van der Waals surface area contributed by atoms with Crippen LogP contribution >= 0.6 is 0 Å². The quantitative estimate of drug-likeness (QED) is 0.838. The maximum Gasteiger partial charge on any atom is 0.225 e. The fourth-order valence-corrected chi connectivity index (χ4v) is 3.24. The Morgan fingerprint density at radius 1 is 1.33 bits per heavy atom. The molecule has 4 heteroatoms. The number of nitrogen functional groups attached to an aromatic ring is 1. The highest BCUT2D eigenvalue weighted by Crippen LogP contribution is 2.22. The molecule has 116 valence electrons. The third-order valence-electron chi connectivity index (χ3n) is 4.25. The van der Waals surface area contributed by atoms with Gasteiger partial charge >= 0.3 is 0 Å². The number of carbonyl (C=O) groups is 1. The topological polar surface area (TPSA) is 58.4 Å². The Bertz CT molecular complexity index is 491. The molecule has 1 aromatic carbocycles. The molecule has 1 aliphatic rings. The van der Waals surface area contributed by atoms with Crippen LogP contribution in [-0.4, -0.2) is 30.4 Å². The molecule has 0 aliphatic carbocycles. The normalized spacial score (nSPS) is 23.0. The molecule has 0 aromatic heterocycles. The molecule has 0 radical (unpaired) electrons. The number of benzene rings is 1. The first-order valence-corrected chi connectivity index (χ1v) is 7.83. The van der Waals surface area contributed by atoms with Gasteiger partial charge in [-0.05, 0) is 42.9 Å². The highest BCUT2D eigenvalue weighted by atomic mass is 16.1. The zero-order valence-electron chi connectivity index (χ0n) is 13.4. The van der Waals surface area contributed by atoms with E-state index in [0.717, 1.165) is 42.7 Å². The van der Waals surface area contributed by atoms with Crippen LogP contribution in [0.2, 0.25) is 0 Å². The van der Waals surface area contributed by atoms with Crippen LogP contribution in [0.3, 0.4) is 0 Å². The molecular formula is C17H27N3O. The standard InChI is InChI=1S/C17H27N3O/c1-12-9-13(2)11-20(10-12)8-7-17(21)19-16-6-4-5-15(18)14(16)3/h4-6,12-13H,7-11,18H2,1-3H3,(H,19,21). The maximum absolute atomic E-state index is 12.1. The molecule has 2 unspecified atom stereocenters. The SMILES string of the molecule is Cc1c(N)cccc1NC(=O)CCN1CC(C)CC(C)C1. The fraction of sp³-hybridized carbons (Fsp3) is 0.588. The largest absolute Gasteiger partial charge is 0.398 e. The number of piperidine rings is 1. The summed E-state index contributed by atoms with van der Waals surface area (Å²) in [7, 11) is 0. The van der Waals surface area contributed by atoms with E-state index in [1.165, 1.54) is 6.42 Å². The van der Waals surface area contributed by atoms with Gasteiger partial charge in [0.25, 0.3) is 0 Å². The van der Waals surface area contributed by atoms with Crippen LogP contribution in [0.1, 0.15) is 32.3 Å². The Hall–Kier alpha value is -1.55. The van der Waals surface area contributed by atoms with Crippen molar-refractivity contribution in [1.29, 1.82) is 0 Å². The number of nitrogens with one attached hydrogen (secondary N) is 1. The third-order valence-corrected chi connectivity index (χ3v) is 4.25. The first-order valence-electron chi connectivity index (χ1n) is 7.83. The lowest BCUT2D eigenvalue weighted by Crippen LogP contribution is -2.40. The van der Waals surface area contributed by atoms with Crippen LogP contribution in [0, 0.1) is 18.8 Å². The molecule has 3 N–H and O–H groups in total. The summed E-state index contributed by atoms with van der Waals surface area (Å²) in [6.07, 6.45) is 1.83. The van der Waals surface area contributed by atoms with Gasteiger partial charge < -0.3 is 16.0 Å². The first kappa shape index (κ1) is 15.8. The van der Waals surface area contributed by atoms with Gasteiger partial charge in [0.1, 0.15) is 0 Å². The number of carbonyl (C=O) groups excluding carboxylic acids is 1. The number of nitrogens with two attached hydrogens (primary N) is 1. The molecule has 0 bridgehead atoms. The molecule has 1 amide bonds. The number of hydrogen-bond acceptors (Lipinski definition) is 3. The van der Waals surface area contributed by atoms with E-state index < -0.39 is 0 Å². The monoisotopic (exact) mass is 289 g/mol. The molecule has 2 rings (SSSR count). The van der Waals surface area contributed by atoms with Crippen molar-refractivity contribution >= 4 is 17.3 Å². The summed E-state index contributed by atoms with van der Waals surface area (Å²) in [5.41, 5.74) is 8.33. The average molecular weight is 289 g/mol. The second kappa shape index (κ2) is 6.94. The predicted molar refractivity (Wildman–Crippen MR) is 88.2 cm³/mol. The lowest BCUT2D eigenvalue weighted by molar-refractivity contribution is -0.116. The molecule has 1 fully saturated rings. The van der Waals surface area contributed by atoms with E-state index in [1.54, 1.807) is 0 Å². The highest BCUT2D eigenvalue weighted by Gasteiger charge is 2.21. The Labute approximate surface area is 127 Å².